The quantitative estimate of drug-likeness (QED) is 0.866. The van der Waals surface area contributed by atoms with Crippen LogP contribution < -0.4 is 0 Å². The van der Waals surface area contributed by atoms with Gasteiger partial charge in [-0.3, -0.25) is 9.59 Å². The summed E-state index contributed by atoms with van der Waals surface area (Å²) in [5, 5.41) is 16.9. The Hall–Kier alpha value is -2.70. The number of likely N-dealkylation sites (tertiary alicyclic amines) is 1. The number of aliphatic carboxylic acids is 1. The third kappa shape index (κ3) is 4.43. The fourth-order valence-electron chi connectivity index (χ4n) is 3.02. The molecule has 3 rings (SSSR count). The number of amides is 1. The predicted molar refractivity (Wildman–Crippen MR) is 89.8 cm³/mol. The normalized spacial score (nSPS) is 15.3. The van der Waals surface area contributed by atoms with E-state index in [9.17, 15) is 9.59 Å². The highest BCUT2D eigenvalue weighted by atomic mass is 16.4. The maximum atomic E-state index is 12.1. The molecule has 0 bridgehead atoms. The summed E-state index contributed by atoms with van der Waals surface area (Å²) in [7, 11) is 0. The van der Waals surface area contributed by atoms with Crippen LogP contribution in [0.3, 0.4) is 0 Å². The van der Waals surface area contributed by atoms with Crippen LogP contribution in [0.15, 0.2) is 34.7 Å². The molecule has 1 aromatic heterocycles. The first-order chi connectivity index (χ1) is 12.1. The van der Waals surface area contributed by atoms with E-state index in [0.29, 0.717) is 31.3 Å². The molecule has 1 fully saturated rings. The van der Waals surface area contributed by atoms with E-state index in [1.807, 2.05) is 30.3 Å². The van der Waals surface area contributed by atoms with E-state index >= 15 is 0 Å². The Morgan fingerprint density at radius 2 is 1.84 bits per heavy atom. The van der Waals surface area contributed by atoms with E-state index in [-0.39, 0.29) is 24.7 Å². The smallest absolute Gasteiger partial charge is 0.303 e. The minimum atomic E-state index is -0.864. The molecule has 1 N–H and O–H groups in total. The lowest BCUT2D eigenvalue weighted by Crippen LogP contribution is -2.37. The number of hydrogen-bond donors (Lipinski definition) is 1. The number of carboxylic acid groups (broad SMARTS) is 1. The molecule has 0 atom stereocenters. The van der Waals surface area contributed by atoms with Crippen LogP contribution in [0.25, 0.3) is 11.5 Å². The molecular weight excluding hydrogens is 322 g/mol. The van der Waals surface area contributed by atoms with Gasteiger partial charge in [-0.1, -0.05) is 18.2 Å². The van der Waals surface area contributed by atoms with Crippen molar-refractivity contribution < 1.29 is 19.1 Å². The highest BCUT2D eigenvalue weighted by Gasteiger charge is 2.27. The molecule has 1 saturated heterocycles. The van der Waals surface area contributed by atoms with Crippen molar-refractivity contribution in [2.75, 3.05) is 13.1 Å². The molecule has 7 nitrogen and oxygen atoms in total. The van der Waals surface area contributed by atoms with Crippen molar-refractivity contribution in [3.63, 3.8) is 0 Å². The lowest BCUT2D eigenvalue weighted by atomic mass is 9.96. The highest BCUT2D eigenvalue weighted by molar-refractivity contribution is 5.77. The van der Waals surface area contributed by atoms with Gasteiger partial charge in [-0.25, -0.2) is 0 Å². The zero-order chi connectivity index (χ0) is 17.6. The molecule has 1 amide bonds. The van der Waals surface area contributed by atoms with Crippen molar-refractivity contribution in [1.82, 2.24) is 15.1 Å². The lowest BCUT2D eigenvalue weighted by molar-refractivity contribution is -0.137. The maximum Gasteiger partial charge on any atom is 0.303 e. The lowest BCUT2D eigenvalue weighted by Gasteiger charge is -2.30. The molecule has 0 radical (unpaired) electrons. The Labute approximate surface area is 145 Å². The molecular formula is C18H21N3O4. The van der Waals surface area contributed by atoms with Gasteiger partial charge in [-0.2, -0.15) is 0 Å². The zero-order valence-electron chi connectivity index (χ0n) is 13.9. The number of aromatic nitrogens is 2. The Morgan fingerprint density at radius 3 is 2.52 bits per heavy atom. The largest absolute Gasteiger partial charge is 0.481 e. The van der Waals surface area contributed by atoms with Gasteiger partial charge in [-0.05, 0) is 31.4 Å². The molecule has 2 aromatic rings. The van der Waals surface area contributed by atoms with Crippen molar-refractivity contribution in [2.24, 2.45) is 0 Å². The second-order valence-electron chi connectivity index (χ2n) is 6.21. The van der Waals surface area contributed by atoms with Gasteiger partial charge in [0.1, 0.15) is 0 Å². The van der Waals surface area contributed by atoms with Crippen molar-refractivity contribution in [3.05, 3.63) is 36.2 Å². The molecule has 2 heterocycles. The van der Waals surface area contributed by atoms with Crippen molar-refractivity contribution in [1.29, 1.82) is 0 Å². The van der Waals surface area contributed by atoms with Gasteiger partial charge in [0, 0.05) is 37.4 Å². The van der Waals surface area contributed by atoms with E-state index in [2.05, 4.69) is 10.2 Å². The van der Waals surface area contributed by atoms with Crippen molar-refractivity contribution in [3.8, 4) is 11.5 Å². The van der Waals surface area contributed by atoms with Crippen LogP contribution in [-0.4, -0.2) is 45.2 Å². The van der Waals surface area contributed by atoms with Gasteiger partial charge >= 0.3 is 5.97 Å². The summed E-state index contributed by atoms with van der Waals surface area (Å²) in [5.74, 6) is 0.458. The molecule has 0 unspecified atom stereocenters. The second-order valence-corrected chi connectivity index (χ2v) is 6.21. The molecule has 1 aromatic carbocycles. The van der Waals surface area contributed by atoms with E-state index in [4.69, 9.17) is 9.52 Å². The summed E-state index contributed by atoms with van der Waals surface area (Å²) in [4.78, 5) is 24.4. The summed E-state index contributed by atoms with van der Waals surface area (Å²) in [6, 6.07) is 9.64. The fourth-order valence-corrected chi connectivity index (χ4v) is 3.02. The minimum Gasteiger partial charge on any atom is -0.481 e. The van der Waals surface area contributed by atoms with Crippen LogP contribution in [0.1, 0.15) is 43.9 Å². The van der Waals surface area contributed by atoms with E-state index < -0.39 is 5.97 Å². The molecule has 7 heteroatoms. The number of carbonyl (C=O) groups excluding carboxylic acids is 1. The second kappa shape index (κ2) is 7.92. The zero-order valence-corrected chi connectivity index (χ0v) is 13.9. The highest BCUT2D eigenvalue weighted by Crippen LogP contribution is 2.29. The van der Waals surface area contributed by atoms with E-state index in [1.165, 1.54) is 0 Å². The topological polar surface area (TPSA) is 96.5 Å². The predicted octanol–water partition coefficient (Wildman–Crippen LogP) is 2.70. The third-order valence-electron chi connectivity index (χ3n) is 4.44. The maximum absolute atomic E-state index is 12.1. The van der Waals surface area contributed by atoms with Gasteiger partial charge in [0.25, 0.3) is 0 Å². The molecule has 132 valence electrons. The fraction of sp³-hybridized carbons (Fsp3) is 0.444. The molecule has 0 spiro atoms. The SMILES string of the molecule is O=C(O)CCCC(=O)N1CCC(c2nnc(-c3ccccc3)o2)CC1. The van der Waals surface area contributed by atoms with E-state index in [1.54, 1.807) is 4.90 Å². The minimum absolute atomic E-state index is 0.0233. The van der Waals surface area contributed by atoms with Gasteiger partial charge in [0.2, 0.25) is 17.7 Å². The summed E-state index contributed by atoms with van der Waals surface area (Å²) in [5.41, 5.74) is 0.896. The van der Waals surface area contributed by atoms with Crippen molar-refractivity contribution >= 4 is 11.9 Å². The first-order valence-electron chi connectivity index (χ1n) is 8.52. The number of hydrogen-bond acceptors (Lipinski definition) is 5. The standard InChI is InChI=1S/C18H21N3O4/c22-15(7-4-8-16(23)24)21-11-9-14(10-12-21)18-20-19-17(25-18)13-5-2-1-3-6-13/h1-3,5-6,14H,4,7-12H2,(H,23,24). The Bertz CT molecular complexity index is 721. The average molecular weight is 343 g/mol. The summed E-state index contributed by atoms with van der Waals surface area (Å²) < 4.78 is 5.81. The Kier molecular flexibility index (Phi) is 5.42. The van der Waals surface area contributed by atoms with Crippen molar-refractivity contribution in [2.45, 2.75) is 38.0 Å². The molecule has 25 heavy (non-hydrogen) atoms. The summed E-state index contributed by atoms with van der Waals surface area (Å²) in [6.45, 7) is 1.28. The molecule has 0 aliphatic carbocycles. The van der Waals surface area contributed by atoms with E-state index in [0.717, 1.165) is 18.4 Å². The number of nitrogens with zero attached hydrogens (tertiary/aromatic N) is 3. The number of rotatable bonds is 6. The van der Waals surface area contributed by atoms with Crippen LogP contribution in [0, 0.1) is 0 Å². The summed E-state index contributed by atoms with van der Waals surface area (Å²) in [6.07, 6.45) is 2.27. The van der Waals surface area contributed by atoms with Crippen LogP contribution in [-0.2, 0) is 9.59 Å². The number of benzene rings is 1. The van der Waals surface area contributed by atoms with Crippen LogP contribution in [0.4, 0.5) is 0 Å². The van der Waals surface area contributed by atoms with Crippen LogP contribution in [0.5, 0.6) is 0 Å². The number of piperidine rings is 1. The number of carbonyl (C=O) groups is 2. The first kappa shape index (κ1) is 17.1. The Balaban J connectivity index is 1.52. The third-order valence-corrected chi connectivity index (χ3v) is 4.44. The van der Waals surface area contributed by atoms with Gasteiger partial charge in [0.15, 0.2) is 0 Å². The molecule has 1 aliphatic heterocycles. The molecule has 1 aliphatic rings. The molecule has 0 saturated carbocycles. The van der Waals surface area contributed by atoms with Gasteiger partial charge in [0.05, 0.1) is 0 Å². The summed E-state index contributed by atoms with van der Waals surface area (Å²) >= 11 is 0. The monoisotopic (exact) mass is 343 g/mol. The first-order valence-corrected chi connectivity index (χ1v) is 8.52. The average Bonchev–Trinajstić information content (AvgIpc) is 3.12. The van der Waals surface area contributed by atoms with Gasteiger partial charge in [-0.15, -0.1) is 10.2 Å². The Morgan fingerprint density at radius 1 is 1.12 bits per heavy atom. The number of carboxylic acids is 1. The van der Waals surface area contributed by atoms with Crippen LogP contribution >= 0.6 is 0 Å². The van der Waals surface area contributed by atoms with Crippen LogP contribution in [0.2, 0.25) is 0 Å². The van der Waals surface area contributed by atoms with Gasteiger partial charge < -0.3 is 14.4 Å².